The second kappa shape index (κ2) is 5.69. The minimum Gasteiger partial charge on any atom is -0.493 e. The molecule has 1 aromatic rings. The third-order valence-electron chi connectivity index (χ3n) is 2.36. The first-order chi connectivity index (χ1) is 7.42. The Kier molecular flexibility index (Phi) is 4.81. The molecule has 0 aliphatic carbocycles. The normalized spacial score (nSPS) is 11.6. The molecule has 0 heterocycles. The smallest absolute Gasteiger partial charge is 0.124 e. The minimum absolute atomic E-state index is 0.300. The maximum atomic E-state index is 5.77. The maximum absolute atomic E-state index is 5.77. The topological polar surface area (TPSA) is 35.2 Å². The molecular formula is C13H20BrNO. The lowest BCUT2D eigenvalue weighted by Crippen LogP contribution is -2.12. The van der Waals surface area contributed by atoms with Crippen LogP contribution in [-0.2, 0) is 6.54 Å². The van der Waals surface area contributed by atoms with E-state index in [1.165, 1.54) is 0 Å². The molecule has 1 aromatic carbocycles. The first-order valence-corrected chi connectivity index (χ1v) is 6.33. The van der Waals surface area contributed by atoms with Gasteiger partial charge in [-0.3, -0.25) is 0 Å². The van der Waals surface area contributed by atoms with E-state index in [-0.39, 0.29) is 0 Å². The number of ether oxygens (including phenoxy) is 1. The fourth-order valence-corrected chi connectivity index (χ4v) is 1.64. The van der Waals surface area contributed by atoms with Gasteiger partial charge >= 0.3 is 0 Å². The van der Waals surface area contributed by atoms with Crippen molar-refractivity contribution in [3.63, 3.8) is 0 Å². The number of benzene rings is 1. The molecule has 0 aliphatic rings. The zero-order valence-corrected chi connectivity index (χ0v) is 11.8. The van der Waals surface area contributed by atoms with Gasteiger partial charge in [-0.05, 0) is 24.0 Å². The van der Waals surface area contributed by atoms with E-state index in [1.807, 2.05) is 18.2 Å². The van der Waals surface area contributed by atoms with Crippen LogP contribution in [0.5, 0.6) is 5.75 Å². The highest BCUT2D eigenvalue weighted by Crippen LogP contribution is 2.25. The summed E-state index contributed by atoms with van der Waals surface area (Å²) in [6.45, 7) is 7.87. The average molecular weight is 286 g/mol. The lowest BCUT2D eigenvalue weighted by molar-refractivity contribution is 0.241. The molecule has 0 saturated carbocycles. The average Bonchev–Trinajstić information content (AvgIpc) is 2.16. The van der Waals surface area contributed by atoms with E-state index in [0.29, 0.717) is 12.0 Å². The Labute approximate surface area is 106 Å². The van der Waals surface area contributed by atoms with Crippen molar-refractivity contribution in [2.75, 3.05) is 6.61 Å². The van der Waals surface area contributed by atoms with Crippen LogP contribution in [0.15, 0.2) is 22.7 Å². The van der Waals surface area contributed by atoms with Crippen LogP contribution in [0.1, 0.15) is 32.8 Å². The van der Waals surface area contributed by atoms with E-state index in [2.05, 4.69) is 36.7 Å². The summed E-state index contributed by atoms with van der Waals surface area (Å²) < 4.78 is 6.80. The summed E-state index contributed by atoms with van der Waals surface area (Å²) in [6.07, 6.45) is 1.03. The van der Waals surface area contributed by atoms with Crippen LogP contribution < -0.4 is 10.5 Å². The number of hydrogen-bond donors (Lipinski definition) is 1. The lowest BCUT2D eigenvalue weighted by atomic mass is 9.93. The Morgan fingerprint density at radius 3 is 2.56 bits per heavy atom. The van der Waals surface area contributed by atoms with Crippen molar-refractivity contribution < 1.29 is 4.74 Å². The molecule has 0 saturated heterocycles. The van der Waals surface area contributed by atoms with E-state index in [9.17, 15) is 0 Å². The largest absolute Gasteiger partial charge is 0.493 e. The Morgan fingerprint density at radius 2 is 2.00 bits per heavy atom. The van der Waals surface area contributed by atoms with Crippen molar-refractivity contribution in [1.82, 2.24) is 0 Å². The summed E-state index contributed by atoms with van der Waals surface area (Å²) in [6, 6.07) is 5.96. The van der Waals surface area contributed by atoms with Gasteiger partial charge in [-0.25, -0.2) is 0 Å². The predicted octanol–water partition coefficient (Wildman–Crippen LogP) is 3.72. The van der Waals surface area contributed by atoms with Crippen LogP contribution >= 0.6 is 15.9 Å². The van der Waals surface area contributed by atoms with Crippen LogP contribution in [0.25, 0.3) is 0 Å². The minimum atomic E-state index is 0.300. The van der Waals surface area contributed by atoms with Crippen molar-refractivity contribution in [3.05, 3.63) is 28.2 Å². The molecule has 2 nitrogen and oxygen atoms in total. The highest BCUT2D eigenvalue weighted by Gasteiger charge is 2.11. The number of nitrogens with two attached hydrogens (primary N) is 1. The van der Waals surface area contributed by atoms with Gasteiger partial charge in [0.1, 0.15) is 5.75 Å². The maximum Gasteiger partial charge on any atom is 0.124 e. The zero-order chi connectivity index (χ0) is 12.2. The second-order valence-electron chi connectivity index (χ2n) is 5.12. The Morgan fingerprint density at radius 1 is 1.31 bits per heavy atom. The number of hydrogen-bond acceptors (Lipinski definition) is 2. The molecule has 0 fully saturated rings. The Balaban J connectivity index is 2.62. The molecule has 2 N–H and O–H groups in total. The van der Waals surface area contributed by atoms with Crippen LogP contribution in [0, 0.1) is 5.41 Å². The van der Waals surface area contributed by atoms with Crippen molar-refractivity contribution in [1.29, 1.82) is 0 Å². The summed E-state index contributed by atoms with van der Waals surface area (Å²) in [7, 11) is 0. The first-order valence-electron chi connectivity index (χ1n) is 5.54. The zero-order valence-electron chi connectivity index (χ0n) is 10.2. The van der Waals surface area contributed by atoms with Crippen LogP contribution in [-0.4, -0.2) is 6.61 Å². The van der Waals surface area contributed by atoms with Crippen molar-refractivity contribution in [2.24, 2.45) is 11.1 Å². The predicted molar refractivity (Wildman–Crippen MR) is 71.6 cm³/mol. The Hall–Kier alpha value is -0.540. The van der Waals surface area contributed by atoms with Gasteiger partial charge < -0.3 is 10.5 Å². The van der Waals surface area contributed by atoms with E-state index >= 15 is 0 Å². The van der Waals surface area contributed by atoms with Gasteiger partial charge in [0.2, 0.25) is 0 Å². The molecule has 90 valence electrons. The van der Waals surface area contributed by atoms with Crippen LogP contribution in [0.3, 0.4) is 0 Å². The Bertz CT molecular complexity index is 344. The molecule has 0 bridgehead atoms. The van der Waals surface area contributed by atoms with Crippen molar-refractivity contribution >= 4 is 15.9 Å². The van der Waals surface area contributed by atoms with Gasteiger partial charge in [0.05, 0.1) is 6.61 Å². The van der Waals surface area contributed by atoms with E-state index < -0.39 is 0 Å². The monoisotopic (exact) mass is 285 g/mol. The lowest BCUT2D eigenvalue weighted by Gasteiger charge is -2.19. The van der Waals surface area contributed by atoms with Crippen molar-refractivity contribution in [2.45, 2.75) is 33.7 Å². The number of rotatable bonds is 4. The summed E-state index contributed by atoms with van der Waals surface area (Å²) in [5.41, 5.74) is 7.02. The molecule has 0 spiro atoms. The highest BCUT2D eigenvalue weighted by atomic mass is 79.9. The number of halogens is 1. The molecule has 0 aromatic heterocycles. The third-order valence-corrected chi connectivity index (χ3v) is 2.85. The van der Waals surface area contributed by atoms with Gasteiger partial charge in [-0.1, -0.05) is 42.8 Å². The van der Waals surface area contributed by atoms with Crippen molar-refractivity contribution in [3.8, 4) is 5.75 Å². The van der Waals surface area contributed by atoms with E-state index in [4.69, 9.17) is 10.5 Å². The standard InChI is InChI=1S/C13H20BrNO/c1-13(2,3)6-7-16-12-8-11(14)5-4-10(12)9-15/h4-5,8H,6-7,9,15H2,1-3H3. The second-order valence-corrected chi connectivity index (χ2v) is 6.03. The molecule has 0 unspecified atom stereocenters. The third kappa shape index (κ3) is 4.54. The van der Waals surface area contributed by atoms with Gasteiger partial charge in [-0.15, -0.1) is 0 Å². The van der Waals surface area contributed by atoms with E-state index in [1.54, 1.807) is 0 Å². The SMILES string of the molecule is CC(C)(C)CCOc1cc(Br)ccc1CN. The van der Waals surface area contributed by atoms with Crippen LogP contribution in [0.2, 0.25) is 0 Å². The summed E-state index contributed by atoms with van der Waals surface area (Å²) in [5.74, 6) is 0.890. The molecular weight excluding hydrogens is 266 g/mol. The van der Waals surface area contributed by atoms with Gasteiger partial charge in [-0.2, -0.15) is 0 Å². The van der Waals surface area contributed by atoms with Crippen LogP contribution in [0.4, 0.5) is 0 Å². The summed E-state index contributed by atoms with van der Waals surface area (Å²) in [4.78, 5) is 0. The molecule has 0 radical (unpaired) electrons. The fourth-order valence-electron chi connectivity index (χ4n) is 1.30. The quantitative estimate of drug-likeness (QED) is 0.915. The molecule has 1 rings (SSSR count). The van der Waals surface area contributed by atoms with Gasteiger partial charge in [0, 0.05) is 16.6 Å². The fraction of sp³-hybridized carbons (Fsp3) is 0.538. The molecule has 0 amide bonds. The molecule has 0 aliphatic heterocycles. The summed E-state index contributed by atoms with van der Waals surface area (Å²) in [5, 5.41) is 0. The van der Waals surface area contributed by atoms with E-state index in [0.717, 1.165) is 28.8 Å². The molecule has 0 atom stereocenters. The summed E-state index contributed by atoms with van der Waals surface area (Å²) >= 11 is 3.44. The molecule has 3 heteroatoms. The van der Waals surface area contributed by atoms with Gasteiger partial charge in [0.15, 0.2) is 0 Å². The van der Waals surface area contributed by atoms with Gasteiger partial charge in [0.25, 0.3) is 0 Å². The molecule has 16 heavy (non-hydrogen) atoms. The highest BCUT2D eigenvalue weighted by molar-refractivity contribution is 9.10. The first kappa shape index (κ1) is 13.5.